The first kappa shape index (κ1) is 7.08. The van der Waals surface area contributed by atoms with Crippen LogP contribution in [-0.4, -0.2) is 4.57 Å². The zero-order chi connectivity index (χ0) is 7.40. The molecular weight excluding hydrogens is 146 g/mol. The van der Waals surface area contributed by atoms with Crippen molar-refractivity contribution >= 4 is 11.3 Å². The van der Waals surface area contributed by atoms with Crippen molar-refractivity contribution in [3.8, 4) is 0 Å². The Kier molecular flexibility index (Phi) is 2.28. The molecule has 0 aliphatic rings. The van der Waals surface area contributed by atoms with Gasteiger partial charge in [-0.3, -0.25) is 0 Å². The summed E-state index contributed by atoms with van der Waals surface area (Å²) in [4.78, 5) is 0.819. The maximum absolute atomic E-state index is 5.11. The van der Waals surface area contributed by atoms with E-state index < -0.39 is 0 Å². The lowest BCUT2D eigenvalue weighted by Gasteiger charge is -1.92. The number of hydrogen-bond donors (Lipinski definition) is 1. The highest BCUT2D eigenvalue weighted by molar-refractivity contribution is 7.07. The first-order valence-electron chi connectivity index (χ1n) is 2.87. The predicted octanol–water partition coefficient (Wildman–Crippen LogP) is 0.510. The Hall–Kier alpha value is -1.03. The molecule has 54 valence electrons. The van der Waals surface area contributed by atoms with Gasteiger partial charge in [0.25, 0.3) is 0 Å². The van der Waals surface area contributed by atoms with E-state index >= 15 is 0 Å². The van der Waals surface area contributed by atoms with E-state index in [0.29, 0.717) is 0 Å². The van der Waals surface area contributed by atoms with Crippen molar-refractivity contribution in [2.24, 2.45) is 10.9 Å². The van der Waals surface area contributed by atoms with Crippen LogP contribution in [0.1, 0.15) is 0 Å². The van der Waals surface area contributed by atoms with Gasteiger partial charge in [0, 0.05) is 18.1 Å². The van der Waals surface area contributed by atoms with Gasteiger partial charge in [-0.1, -0.05) is 6.08 Å². The predicted molar refractivity (Wildman–Crippen MR) is 42.3 cm³/mol. The van der Waals surface area contributed by atoms with Crippen molar-refractivity contribution in [3.05, 3.63) is 29.0 Å². The van der Waals surface area contributed by atoms with E-state index in [1.165, 1.54) is 11.3 Å². The first-order chi connectivity index (χ1) is 4.88. The zero-order valence-electron chi connectivity index (χ0n) is 5.53. The van der Waals surface area contributed by atoms with Crippen molar-refractivity contribution in [3.63, 3.8) is 0 Å². The molecule has 0 aliphatic carbocycles. The fourth-order valence-electron chi connectivity index (χ4n) is 0.679. The monoisotopic (exact) mass is 155 g/mol. The summed E-state index contributed by atoms with van der Waals surface area (Å²) in [7, 11) is 0. The highest BCUT2D eigenvalue weighted by Gasteiger charge is 1.88. The van der Waals surface area contributed by atoms with Gasteiger partial charge in [0.1, 0.15) is 0 Å². The van der Waals surface area contributed by atoms with Gasteiger partial charge in [-0.25, -0.2) is 0 Å². The zero-order valence-corrected chi connectivity index (χ0v) is 6.34. The molecule has 0 amide bonds. The normalized spacial score (nSPS) is 11.8. The van der Waals surface area contributed by atoms with Gasteiger partial charge in [0.15, 0.2) is 0 Å². The SMILES string of the molecule is C=CCn1ccs/c1=N/N. The topological polar surface area (TPSA) is 43.3 Å². The number of allylic oxidation sites excluding steroid dienone is 1. The fourth-order valence-corrected chi connectivity index (χ4v) is 1.34. The van der Waals surface area contributed by atoms with Crippen molar-refractivity contribution in [1.82, 2.24) is 4.57 Å². The molecule has 0 unspecified atom stereocenters. The molecule has 1 rings (SSSR count). The Bertz CT molecular complexity index is 271. The molecule has 4 heteroatoms. The van der Waals surface area contributed by atoms with Gasteiger partial charge in [-0.15, -0.1) is 17.9 Å². The second-order valence-electron chi connectivity index (χ2n) is 1.76. The average Bonchev–Trinajstić information content (AvgIpc) is 2.36. The minimum Gasteiger partial charge on any atom is -0.320 e. The van der Waals surface area contributed by atoms with E-state index in [-0.39, 0.29) is 0 Å². The van der Waals surface area contributed by atoms with Crippen LogP contribution in [0.4, 0.5) is 0 Å². The molecule has 0 aromatic carbocycles. The maximum atomic E-state index is 5.11. The summed E-state index contributed by atoms with van der Waals surface area (Å²) < 4.78 is 1.93. The Morgan fingerprint density at radius 1 is 1.90 bits per heavy atom. The molecule has 0 atom stereocenters. The molecule has 0 spiro atoms. The van der Waals surface area contributed by atoms with Gasteiger partial charge < -0.3 is 10.4 Å². The third-order valence-corrected chi connectivity index (χ3v) is 1.90. The Morgan fingerprint density at radius 3 is 3.30 bits per heavy atom. The van der Waals surface area contributed by atoms with Gasteiger partial charge in [-0.05, 0) is 0 Å². The van der Waals surface area contributed by atoms with Crippen LogP contribution in [0.15, 0.2) is 29.3 Å². The third-order valence-electron chi connectivity index (χ3n) is 1.10. The molecule has 10 heavy (non-hydrogen) atoms. The minimum atomic E-state index is 0.763. The summed E-state index contributed by atoms with van der Waals surface area (Å²) in [6.07, 6.45) is 3.74. The highest BCUT2D eigenvalue weighted by Crippen LogP contribution is 1.88. The molecule has 0 aliphatic heterocycles. The maximum Gasteiger partial charge on any atom is 0.207 e. The van der Waals surface area contributed by atoms with Crippen LogP contribution in [0.2, 0.25) is 0 Å². The van der Waals surface area contributed by atoms with E-state index in [1.54, 1.807) is 6.08 Å². The van der Waals surface area contributed by atoms with Crippen LogP contribution in [0.3, 0.4) is 0 Å². The minimum absolute atomic E-state index is 0.763. The van der Waals surface area contributed by atoms with E-state index in [2.05, 4.69) is 11.7 Å². The first-order valence-corrected chi connectivity index (χ1v) is 3.75. The summed E-state index contributed by atoms with van der Waals surface area (Å²) >= 11 is 1.51. The quantitative estimate of drug-likeness (QED) is 0.377. The number of aromatic nitrogens is 1. The van der Waals surface area contributed by atoms with Crippen LogP contribution >= 0.6 is 11.3 Å². The van der Waals surface area contributed by atoms with Gasteiger partial charge >= 0.3 is 0 Å². The Labute approximate surface area is 63.1 Å². The third kappa shape index (κ3) is 1.27. The van der Waals surface area contributed by atoms with E-state index in [0.717, 1.165) is 11.3 Å². The van der Waals surface area contributed by atoms with Gasteiger partial charge in [-0.2, -0.15) is 5.10 Å². The van der Waals surface area contributed by atoms with Crippen LogP contribution in [0.25, 0.3) is 0 Å². The molecule has 0 radical (unpaired) electrons. The summed E-state index contributed by atoms with van der Waals surface area (Å²) in [6, 6.07) is 0. The standard InChI is InChI=1S/C6H9N3S/c1-2-3-9-4-5-10-6(9)8-7/h2,4-5H,1,3,7H2/b8-6+. The molecular formula is C6H9N3S. The summed E-state index contributed by atoms with van der Waals surface area (Å²) in [5.41, 5.74) is 0. The summed E-state index contributed by atoms with van der Waals surface area (Å²) in [6.45, 7) is 4.38. The van der Waals surface area contributed by atoms with Crippen LogP contribution in [0, 0.1) is 0 Å². The smallest absolute Gasteiger partial charge is 0.207 e. The molecule has 1 aromatic rings. The van der Waals surface area contributed by atoms with Crippen molar-refractivity contribution in [2.45, 2.75) is 6.54 Å². The highest BCUT2D eigenvalue weighted by atomic mass is 32.1. The van der Waals surface area contributed by atoms with Crippen LogP contribution in [0.5, 0.6) is 0 Å². The van der Waals surface area contributed by atoms with Crippen molar-refractivity contribution in [1.29, 1.82) is 0 Å². The van der Waals surface area contributed by atoms with Crippen molar-refractivity contribution < 1.29 is 0 Å². The molecule has 1 aromatic heterocycles. The molecule has 0 saturated carbocycles. The Balaban J connectivity index is 3.02. The van der Waals surface area contributed by atoms with Gasteiger partial charge in [0.2, 0.25) is 4.80 Å². The fraction of sp³-hybridized carbons (Fsp3) is 0.167. The van der Waals surface area contributed by atoms with Crippen LogP contribution < -0.4 is 10.6 Å². The van der Waals surface area contributed by atoms with E-state index in [1.807, 2.05) is 16.1 Å². The summed E-state index contributed by atoms with van der Waals surface area (Å²) in [5, 5.41) is 5.52. The van der Waals surface area contributed by atoms with Gasteiger partial charge in [0.05, 0.1) is 0 Å². The molecule has 0 bridgehead atoms. The van der Waals surface area contributed by atoms with Crippen LogP contribution in [-0.2, 0) is 6.54 Å². The lowest BCUT2D eigenvalue weighted by Crippen LogP contribution is -2.14. The molecule has 3 nitrogen and oxygen atoms in total. The number of nitrogens with two attached hydrogens (primary N) is 1. The molecule has 2 N–H and O–H groups in total. The largest absolute Gasteiger partial charge is 0.320 e. The Morgan fingerprint density at radius 2 is 2.70 bits per heavy atom. The number of rotatable bonds is 2. The number of nitrogens with zero attached hydrogens (tertiary/aromatic N) is 2. The lowest BCUT2D eigenvalue weighted by atomic mass is 10.6. The molecule has 0 saturated heterocycles. The average molecular weight is 155 g/mol. The molecule has 1 heterocycles. The van der Waals surface area contributed by atoms with Crippen molar-refractivity contribution in [2.75, 3.05) is 0 Å². The van der Waals surface area contributed by atoms with E-state index in [4.69, 9.17) is 5.84 Å². The molecule has 0 fully saturated rings. The second-order valence-corrected chi connectivity index (χ2v) is 2.63. The summed E-state index contributed by atoms with van der Waals surface area (Å²) in [5.74, 6) is 5.11. The number of hydrogen-bond acceptors (Lipinski definition) is 3. The lowest BCUT2D eigenvalue weighted by molar-refractivity contribution is 0.780. The second kappa shape index (κ2) is 3.22. The van der Waals surface area contributed by atoms with E-state index in [9.17, 15) is 0 Å². The number of thiazole rings is 1.